The molecule has 1 aromatic rings. The molecule has 0 saturated heterocycles. The van der Waals surface area contributed by atoms with E-state index in [2.05, 4.69) is 11.9 Å². The molecular weight excluding hydrogens is 180 g/mol. The number of benzene rings is 1. The molecule has 0 aromatic heterocycles. The average molecular weight is 189 g/mol. The summed E-state index contributed by atoms with van der Waals surface area (Å²) >= 11 is 3.64. The molecule has 1 aromatic carbocycles. The highest BCUT2D eigenvalue weighted by Gasteiger charge is 1.96. The zero-order valence-corrected chi connectivity index (χ0v) is 7.03. The van der Waals surface area contributed by atoms with Gasteiger partial charge in [0.25, 0.3) is 0 Å². The molecule has 0 heterocycles. The maximum absolute atomic E-state index is 10.2. The van der Waals surface area contributed by atoms with Crippen molar-refractivity contribution in [1.29, 1.82) is 0 Å². The minimum absolute atomic E-state index is 0.112. The van der Waals surface area contributed by atoms with Crippen molar-refractivity contribution in [2.24, 2.45) is 0 Å². The maximum Gasteiger partial charge on any atom is 0.307 e. The number of carboxylic acid groups (broad SMARTS) is 1. The topological polar surface area (TPSA) is 57.5 Å². The summed E-state index contributed by atoms with van der Waals surface area (Å²) in [6.07, 6.45) is 0.112. The van der Waals surface area contributed by atoms with E-state index in [0.29, 0.717) is 0 Å². The summed E-state index contributed by atoms with van der Waals surface area (Å²) in [5.74, 6) is -0.786. The van der Waals surface area contributed by atoms with E-state index in [1.807, 2.05) is 18.2 Å². The first-order chi connectivity index (χ1) is 5.79. The first-order valence-electron chi connectivity index (χ1n) is 3.21. The van der Waals surface area contributed by atoms with Gasteiger partial charge in [-0.1, -0.05) is 30.3 Å². The van der Waals surface area contributed by atoms with Crippen molar-refractivity contribution in [2.45, 2.75) is 6.42 Å². The predicted molar refractivity (Wildman–Crippen MR) is 45.9 cm³/mol. The lowest BCUT2D eigenvalue weighted by Crippen LogP contribution is -1.98. The predicted octanol–water partition coefficient (Wildman–Crippen LogP) is 1.45. The number of aliphatic carboxylic acids is 1. The maximum atomic E-state index is 10.2. The van der Waals surface area contributed by atoms with Crippen LogP contribution in [0.2, 0.25) is 0 Å². The van der Waals surface area contributed by atoms with Crippen LogP contribution in [0.3, 0.4) is 0 Å². The zero-order chi connectivity index (χ0) is 9.40. The Bertz CT molecular complexity index is 223. The van der Waals surface area contributed by atoms with Crippen LogP contribution in [-0.2, 0) is 11.2 Å². The molecule has 2 N–H and O–H groups in total. The van der Waals surface area contributed by atoms with E-state index in [-0.39, 0.29) is 6.42 Å². The molecule has 0 aliphatic rings. The van der Waals surface area contributed by atoms with E-state index >= 15 is 0 Å². The Morgan fingerprint density at radius 1 is 1.25 bits per heavy atom. The lowest BCUT2D eigenvalue weighted by Gasteiger charge is -1.92. The minimum atomic E-state index is -0.786. The Kier molecular flexibility index (Phi) is 6.05. The van der Waals surface area contributed by atoms with Crippen LogP contribution in [-0.4, -0.2) is 15.7 Å². The lowest BCUT2D eigenvalue weighted by molar-refractivity contribution is -0.136. The molecule has 0 atom stereocenters. The molecule has 0 amide bonds. The highest BCUT2D eigenvalue weighted by molar-refractivity contribution is 6.04. The summed E-state index contributed by atoms with van der Waals surface area (Å²) in [5, 5.41) is 8.37. The first kappa shape index (κ1) is 10.9. The van der Waals surface area contributed by atoms with Gasteiger partial charge >= 0.3 is 5.97 Å². The van der Waals surface area contributed by atoms with E-state index < -0.39 is 5.97 Å². The Balaban J connectivity index is 0.000000561. The zero-order valence-electron chi connectivity index (χ0n) is 6.27. The number of halogens is 1. The number of carboxylic acids is 1. The summed E-state index contributed by atoms with van der Waals surface area (Å²) in [7, 11) is 0. The van der Waals surface area contributed by atoms with Crippen molar-refractivity contribution in [3.63, 3.8) is 0 Å². The third-order valence-electron chi connectivity index (χ3n) is 1.20. The van der Waals surface area contributed by atoms with Crippen LogP contribution in [0, 0.1) is 0 Å². The number of hydrogen-bond acceptors (Lipinski definition) is 2. The number of rotatable bonds is 2. The quantitative estimate of drug-likeness (QED) is 0.739. The molecule has 0 saturated carbocycles. The van der Waals surface area contributed by atoms with Gasteiger partial charge in [0.2, 0.25) is 0 Å². The number of hydrogen-bond donors (Lipinski definition) is 2. The van der Waals surface area contributed by atoms with Crippen LogP contribution in [0.25, 0.3) is 0 Å². The molecule has 1 rings (SSSR count). The van der Waals surface area contributed by atoms with E-state index in [1.165, 1.54) is 0 Å². The van der Waals surface area contributed by atoms with Crippen LogP contribution in [0.5, 0.6) is 0 Å². The van der Waals surface area contributed by atoms with Gasteiger partial charge in [-0.3, -0.25) is 9.45 Å². The molecule has 0 bridgehead atoms. The SMILES string of the molecule is O=C(O)Cc1ccccc1.OCl. The standard InChI is InChI=1S/C8H8O2.ClHO/c9-8(10)6-7-4-2-1-3-5-7;1-2/h1-5H,6H2,(H,9,10);2H. The normalized spacial score (nSPS) is 8.17. The molecule has 4 heteroatoms. The minimum Gasteiger partial charge on any atom is -0.481 e. The molecule has 0 aliphatic heterocycles. The molecule has 0 fully saturated rings. The van der Waals surface area contributed by atoms with Gasteiger partial charge in [0, 0.05) is 0 Å². The van der Waals surface area contributed by atoms with Crippen LogP contribution < -0.4 is 0 Å². The van der Waals surface area contributed by atoms with Crippen LogP contribution in [0.1, 0.15) is 5.56 Å². The van der Waals surface area contributed by atoms with Gasteiger partial charge in [0.15, 0.2) is 0 Å². The molecular formula is C8H9ClO3. The van der Waals surface area contributed by atoms with Gasteiger partial charge in [-0.25, -0.2) is 0 Å². The summed E-state index contributed by atoms with van der Waals surface area (Å²) in [6.45, 7) is 0. The van der Waals surface area contributed by atoms with Crippen molar-refractivity contribution in [2.75, 3.05) is 0 Å². The van der Waals surface area contributed by atoms with Crippen molar-refractivity contribution in [3.8, 4) is 0 Å². The summed E-state index contributed by atoms with van der Waals surface area (Å²) in [4.78, 5) is 10.2. The van der Waals surface area contributed by atoms with Gasteiger partial charge in [-0.2, -0.15) is 0 Å². The Hall–Kier alpha value is -1.06. The molecule has 0 unspecified atom stereocenters. The largest absolute Gasteiger partial charge is 0.481 e. The monoisotopic (exact) mass is 188 g/mol. The van der Waals surface area contributed by atoms with Crippen LogP contribution >= 0.6 is 11.9 Å². The fourth-order valence-electron chi connectivity index (χ4n) is 0.770. The van der Waals surface area contributed by atoms with Crippen molar-refractivity contribution in [3.05, 3.63) is 35.9 Å². The van der Waals surface area contributed by atoms with Gasteiger partial charge in [-0.05, 0) is 5.56 Å². The van der Waals surface area contributed by atoms with Crippen LogP contribution in [0.4, 0.5) is 0 Å². The highest BCUT2D eigenvalue weighted by Crippen LogP contribution is 1.98. The fourth-order valence-corrected chi connectivity index (χ4v) is 0.770. The fraction of sp³-hybridized carbons (Fsp3) is 0.125. The Morgan fingerprint density at radius 2 is 1.75 bits per heavy atom. The summed E-state index contributed by atoms with van der Waals surface area (Å²) in [6, 6.07) is 9.13. The second-order valence-electron chi connectivity index (χ2n) is 2.06. The summed E-state index contributed by atoms with van der Waals surface area (Å²) < 4.78 is 6.47. The summed E-state index contributed by atoms with van der Waals surface area (Å²) in [5.41, 5.74) is 0.843. The highest BCUT2D eigenvalue weighted by atomic mass is 35.5. The van der Waals surface area contributed by atoms with Gasteiger partial charge < -0.3 is 5.11 Å². The molecule has 66 valence electrons. The second-order valence-corrected chi connectivity index (χ2v) is 2.06. The molecule has 12 heavy (non-hydrogen) atoms. The third-order valence-corrected chi connectivity index (χ3v) is 1.20. The molecule has 0 radical (unpaired) electrons. The van der Waals surface area contributed by atoms with E-state index in [4.69, 9.17) is 9.77 Å². The van der Waals surface area contributed by atoms with Gasteiger partial charge in [0.1, 0.15) is 0 Å². The number of carbonyl (C=O) groups is 1. The smallest absolute Gasteiger partial charge is 0.307 e. The molecule has 3 nitrogen and oxygen atoms in total. The van der Waals surface area contributed by atoms with Gasteiger partial charge in [-0.15, -0.1) is 0 Å². The van der Waals surface area contributed by atoms with Crippen molar-refractivity contribution >= 4 is 17.8 Å². The Labute approximate surface area is 75.4 Å². The second kappa shape index (κ2) is 6.64. The van der Waals surface area contributed by atoms with E-state index in [0.717, 1.165) is 5.56 Å². The third kappa shape index (κ3) is 4.71. The average Bonchev–Trinajstić information content (AvgIpc) is 2.08. The first-order valence-corrected chi connectivity index (χ1v) is 3.55. The van der Waals surface area contributed by atoms with E-state index in [1.54, 1.807) is 12.1 Å². The molecule has 0 aliphatic carbocycles. The molecule has 0 spiro atoms. The van der Waals surface area contributed by atoms with Gasteiger partial charge in [0.05, 0.1) is 18.3 Å². The lowest BCUT2D eigenvalue weighted by atomic mass is 10.2. The van der Waals surface area contributed by atoms with Crippen LogP contribution in [0.15, 0.2) is 30.3 Å². The van der Waals surface area contributed by atoms with Crippen molar-refractivity contribution in [1.82, 2.24) is 0 Å². The van der Waals surface area contributed by atoms with Crippen molar-refractivity contribution < 1.29 is 14.6 Å². The Morgan fingerprint density at radius 3 is 2.17 bits per heavy atom. The van der Waals surface area contributed by atoms with E-state index in [9.17, 15) is 4.79 Å².